The quantitative estimate of drug-likeness (QED) is 0.742. The third-order valence-electron chi connectivity index (χ3n) is 4.65. The minimum Gasteiger partial charge on any atom is -0.353 e. The van der Waals surface area contributed by atoms with E-state index in [9.17, 15) is 9.59 Å². The highest BCUT2D eigenvalue weighted by Gasteiger charge is 2.32. The molecule has 3 aromatic heterocycles. The van der Waals surface area contributed by atoms with Gasteiger partial charge in [0.05, 0.1) is 12.4 Å². The highest BCUT2D eigenvalue weighted by atomic mass is 16.2. The molecule has 2 N–H and O–H groups in total. The minimum atomic E-state index is -0.354. The first-order chi connectivity index (χ1) is 11.7. The molecule has 1 atom stereocenters. The Kier molecular flexibility index (Phi) is 3.44. The zero-order valence-electron chi connectivity index (χ0n) is 13.3. The van der Waals surface area contributed by atoms with Crippen molar-refractivity contribution in [1.82, 2.24) is 29.6 Å². The lowest BCUT2D eigenvalue weighted by atomic mass is 9.98. The zero-order valence-corrected chi connectivity index (χ0v) is 13.3. The number of carbonyl (C=O) groups excluding carboxylic acids is 1. The predicted molar refractivity (Wildman–Crippen MR) is 87.6 cm³/mol. The molecule has 8 heteroatoms. The van der Waals surface area contributed by atoms with Crippen LogP contribution < -0.4 is 5.56 Å². The van der Waals surface area contributed by atoms with E-state index in [4.69, 9.17) is 0 Å². The SMILES string of the molecule is Cn1cccc1C1CCCCN1C(=O)c1[nH]nc2c(=O)[nH]cnc12. The fourth-order valence-corrected chi connectivity index (χ4v) is 3.44. The molecule has 1 amide bonds. The number of fused-ring (bicyclic) bond motifs is 1. The predicted octanol–water partition coefficient (Wildman–Crippen LogP) is 1.35. The summed E-state index contributed by atoms with van der Waals surface area (Å²) in [5.74, 6) is -0.165. The van der Waals surface area contributed by atoms with Crippen molar-refractivity contribution in [3.8, 4) is 0 Å². The first kappa shape index (κ1) is 14.7. The van der Waals surface area contributed by atoms with Crippen LogP contribution in [0.4, 0.5) is 0 Å². The summed E-state index contributed by atoms with van der Waals surface area (Å²) >= 11 is 0. The van der Waals surface area contributed by atoms with Gasteiger partial charge in [0.15, 0.2) is 5.52 Å². The van der Waals surface area contributed by atoms with E-state index in [2.05, 4.69) is 20.2 Å². The standard InChI is InChI=1S/C16H18N6O2/c1-21-7-4-6-10(21)11-5-2-3-8-22(11)16(24)14-12-13(19-20-14)15(23)18-9-17-12/h4,6-7,9,11H,2-3,5,8H2,1H3,(H,19,20)(H,17,18,23). The Morgan fingerprint density at radius 3 is 3.00 bits per heavy atom. The van der Waals surface area contributed by atoms with Crippen LogP contribution in [-0.2, 0) is 7.05 Å². The van der Waals surface area contributed by atoms with Gasteiger partial charge in [-0.1, -0.05) is 0 Å². The molecular formula is C16H18N6O2. The number of aromatic nitrogens is 5. The van der Waals surface area contributed by atoms with Gasteiger partial charge >= 0.3 is 0 Å². The number of nitrogens with zero attached hydrogens (tertiary/aromatic N) is 4. The van der Waals surface area contributed by atoms with E-state index in [-0.39, 0.29) is 28.7 Å². The molecule has 0 aromatic carbocycles. The summed E-state index contributed by atoms with van der Waals surface area (Å²) in [7, 11) is 1.99. The Labute approximate surface area is 137 Å². The van der Waals surface area contributed by atoms with Crippen LogP contribution in [0, 0.1) is 0 Å². The average Bonchev–Trinajstić information content (AvgIpc) is 3.21. The summed E-state index contributed by atoms with van der Waals surface area (Å²) in [6, 6.07) is 4.05. The number of nitrogens with one attached hydrogen (secondary N) is 2. The molecule has 1 unspecified atom stereocenters. The molecule has 4 rings (SSSR count). The Morgan fingerprint density at radius 2 is 2.21 bits per heavy atom. The number of H-pyrrole nitrogens is 2. The van der Waals surface area contributed by atoms with Crippen molar-refractivity contribution >= 4 is 16.9 Å². The van der Waals surface area contributed by atoms with Crippen LogP contribution in [0.25, 0.3) is 11.0 Å². The molecule has 0 aliphatic carbocycles. The number of carbonyl (C=O) groups is 1. The Balaban J connectivity index is 1.75. The highest BCUT2D eigenvalue weighted by molar-refractivity contribution is 6.03. The molecule has 0 bridgehead atoms. The number of hydrogen-bond donors (Lipinski definition) is 2. The van der Waals surface area contributed by atoms with E-state index in [0.717, 1.165) is 25.0 Å². The van der Waals surface area contributed by atoms with Crippen LogP contribution in [0.2, 0.25) is 0 Å². The Bertz CT molecular complexity index is 953. The largest absolute Gasteiger partial charge is 0.353 e. The van der Waals surface area contributed by atoms with Gasteiger partial charge in [-0.2, -0.15) is 5.10 Å². The van der Waals surface area contributed by atoms with Gasteiger partial charge in [-0.3, -0.25) is 14.7 Å². The van der Waals surface area contributed by atoms with Crippen LogP contribution in [0.5, 0.6) is 0 Å². The van der Waals surface area contributed by atoms with E-state index in [1.165, 1.54) is 6.33 Å². The van der Waals surface area contributed by atoms with Crippen LogP contribution in [-0.4, -0.2) is 42.1 Å². The topological polar surface area (TPSA) is 99.7 Å². The van der Waals surface area contributed by atoms with Crippen LogP contribution in [0.1, 0.15) is 41.5 Å². The number of rotatable bonds is 2. The summed E-state index contributed by atoms with van der Waals surface area (Å²) in [6.07, 6.45) is 6.25. The average molecular weight is 326 g/mol. The van der Waals surface area contributed by atoms with Crippen molar-refractivity contribution in [2.75, 3.05) is 6.54 Å². The molecule has 0 saturated carbocycles. The van der Waals surface area contributed by atoms with Crippen molar-refractivity contribution in [3.63, 3.8) is 0 Å². The molecule has 124 valence electrons. The lowest BCUT2D eigenvalue weighted by Gasteiger charge is -2.35. The van der Waals surface area contributed by atoms with Crippen LogP contribution >= 0.6 is 0 Å². The molecule has 3 aromatic rings. The van der Waals surface area contributed by atoms with E-state index >= 15 is 0 Å². The van der Waals surface area contributed by atoms with Gasteiger partial charge in [0.1, 0.15) is 11.2 Å². The molecule has 0 spiro atoms. The van der Waals surface area contributed by atoms with Crippen LogP contribution in [0.3, 0.4) is 0 Å². The maximum absolute atomic E-state index is 13.1. The van der Waals surface area contributed by atoms with Gasteiger partial charge in [-0.05, 0) is 31.4 Å². The van der Waals surface area contributed by atoms with Gasteiger partial charge in [-0.15, -0.1) is 0 Å². The number of likely N-dealkylation sites (tertiary alicyclic amines) is 1. The molecule has 1 saturated heterocycles. The van der Waals surface area contributed by atoms with Gasteiger partial charge in [0.25, 0.3) is 11.5 Å². The first-order valence-electron chi connectivity index (χ1n) is 8.01. The number of aryl methyl sites for hydroxylation is 1. The molecule has 1 fully saturated rings. The number of piperidine rings is 1. The molecule has 8 nitrogen and oxygen atoms in total. The molecular weight excluding hydrogens is 308 g/mol. The normalized spacial score (nSPS) is 18.2. The molecule has 0 radical (unpaired) electrons. The van der Waals surface area contributed by atoms with E-state index in [0.29, 0.717) is 12.1 Å². The summed E-state index contributed by atoms with van der Waals surface area (Å²) in [6.45, 7) is 0.679. The first-order valence-corrected chi connectivity index (χ1v) is 8.01. The molecule has 1 aliphatic heterocycles. The second-order valence-electron chi connectivity index (χ2n) is 6.08. The van der Waals surface area contributed by atoms with Crippen molar-refractivity contribution < 1.29 is 4.79 Å². The lowest BCUT2D eigenvalue weighted by Crippen LogP contribution is -2.39. The van der Waals surface area contributed by atoms with Crippen molar-refractivity contribution in [2.45, 2.75) is 25.3 Å². The van der Waals surface area contributed by atoms with Gasteiger partial charge in [0.2, 0.25) is 0 Å². The molecule has 24 heavy (non-hydrogen) atoms. The fraction of sp³-hybridized carbons (Fsp3) is 0.375. The zero-order chi connectivity index (χ0) is 16.7. The maximum atomic E-state index is 13.1. The second-order valence-corrected chi connectivity index (χ2v) is 6.08. The monoisotopic (exact) mass is 326 g/mol. The fourth-order valence-electron chi connectivity index (χ4n) is 3.44. The molecule has 1 aliphatic rings. The summed E-state index contributed by atoms with van der Waals surface area (Å²) in [4.78, 5) is 33.3. The molecule has 4 heterocycles. The van der Waals surface area contributed by atoms with Gasteiger partial charge < -0.3 is 14.5 Å². The smallest absolute Gasteiger partial charge is 0.279 e. The maximum Gasteiger partial charge on any atom is 0.279 e. The van der Waals surface area contributed by atoms with Crippen molar-refractivity contribution in [3.05, 3.63) is 46.4 Å². The van der Waals surface area contributed by atoms with Crippen molar-refractivity contribution in [1.29, 1.82) is 0 Å². The van der Waals surface area contributed by atoms with E-state index < -0.39 is 0 Å². The van der Waals surface area contributed by atoms with Crippen molar-refractivity contribution in [2.24, 2.45) is 7.05 Å². The number of aromatic amines is 2. The number of amides is 1. The highest BCUT2D eigenvalue weighted by Crippen LogP contribution is 2.32. The summed E-state index contributed by atoms with van der Waals surface area (Å²) < 4.78 is 2.05. The van der Waals surface area contributed by atoms with Gasteiger partial charge in [0, 0.05) is 25.5 Å². The van der Waals surface area contributed by atoms with E-state index in [1.54, 1.807) is 0 Å². The third-order valence-corrected chi connectivity index (χ3v) is 4.65. The summed E-state index contributed by atoms with van der Waals surface area (Å²) in [5, 5.41) is 6.66. The Hall–Kier alpha value is -2.90. The van der Waals surface area contributed by atoms with Gasteiger partial charge in [-0.25, -0.2) is 4.98 Å². The van der Waals surface area contributed by atoms with Crippen LogP contribution in [0.15, 0.2) is 29.5 Å². The summed E-state index contributed by atoms with van der Waals surface area (Å²) in [5.41, 5.74) is 1.51. The second kappa shape index (κ2) is 5.63. The third kappa shape index (κ3) is 2.22. The lowest BCUT2D eigenvalue weighted by molar-refractivity contribution is 0.0598. The minimum absolute atomic E-state index is 0.0200. The Morgan fingerprint density at radius 1 is 1.33 bits per heavy atom. The number of hydrogen-bond acceptors (Lipinski definition) is 4. The van der Waals surface area contributed by atoms with E-state index in [1.807, 2.05) is 34.8 Å².